The van der Waals surface area contributed by atoms with E-state index in [1.54, 1.807) is 25.1 Å². The van der Waals surface area contributed by atoms with E-state index in [2.05, 4.69) is 16.0 Å². The van der Waals surface area contributed by atoms with E-state index >= 15 is 0 Å². The lowest BCUT2D eigenvalue weighted by Gasteiger charge is -2.27. The molecule has 2 rings (SSSR count). The molecule has 0 aliphatic carbocycles. The highest BCUT2D eigenvalue weighted by Crippen LogP contribution is 2.28. The van der Waals surface area contributed by atoms with Crippen LogP contribution in [0, 0.1) is 5.82 Å². The Morgan fingerprint density at radius 3 is 2.52 bits per heavy atom. The van der Waals surface area contributed by atoms with Crippen LogP contribution in [0.3, 0.4) is 0 Å². The molecule has 2 amide bonds. The quantitative estimate of drug-likeness (QED) is 0.620. The molecule has 0 radical (unpaired) electrons. The molecule has 0 aromatic heterocycles. The van der Waals surface area contributed by atoms with Gasteiger partial charge in [0.25, 0.3) is 5.91 Å². The zero-order valence-electron chi connectivity index (χ0n) is 17.4. The van der Waals surface area contributed by atoms with Gasteiger partial charge in [-0.15, -0.1) is 0 Å². The van der Waals surface area contributed by atoms with Gasteiger partial charge in [-0.3, -0.25) is 9.59 Å². The van der Waals surface area contributed by atoms with E-state index in [-0.39, 0.29) is 17.0 Å². The summed E-state index contributed by atoms with van der Waals surface area (Å²) in [6.07, 6.45) is 0.810. The molecule has 0 spiro atoms. The van der Waals surface area contributed by atoms with Gasteiger partial charge in [0.05, 0.1) is 12.8 Å². The van der Waals surface area contributed by atoms with Gasteiger partial charge < -0.3 is 20.7 Å². The molecule has 29 heavy (non-hydrogen) atoms. The van der Waals surface area contributed by atoms with Crippen LogP contribution in [0.25, 0.3) is 0 Å². The number of rotatable bonds is 8. The zero-order valence-corrected chi connectivity index (χ0v) is 17.4. The van der Waals surface area contributed by atoms with Crippen LogP contribution in [0.2, 0.25) is 0 Å². The maximum absolute atomic E-state index is 13.4. The number of carbonyl (C=O) groups excluding carboxylic acids is 2. The van der Waals surface area contributed by atoms with Crippen molar-refractivity contribution in [2.24, 2.45) is 0 Å². The number of hydrogen-bond donors (Lipinski definition) is 3. The maximum atomic E-state index is 13.4. The highest BCUT2D eigenvalue weighted by Gasteiger charge is 2.22. The third-order valence-corrected chi connectivity index (χ3v) is 4.66. The van der Waals surface area contributed by atoms with Crippen LogP contribution >= 0.6 is 0 Å². The number of amides is 2. The molecule has 2 aromatic rings. The highest BCUT2D eigenvalue weighted by molar-refractivity contribution is 6.05. The summed E-state index contributed by atoms with van der Waals surface area (Å²) in [5.41, 5.74) is 0.947. The summed E-state index contributed by atoms with van der Waals surface area (Å²) in [5.74, 6) is -0.632. The van der Waals surface area contributed by atoms with Crippen LogP contribution in [0.1, 0.15) is 44.5 Å². The summed E-state index contributed by atoms with van der Waals surface area (Å²) in [5, 5.41) is 8.84. The number of ether oxygens (including phenoxy) is 1. The molecule has 0 saturated carbocycles. The molecule has 0 aliphatic heterocycles. The normalized spacial score (nSPS) is 12.1. The number of nitrogens with one attached hydrogen (secondary N) is 3. The second-order valence-corrected chi connectivity index (χ2v) is 7.47. The summed E-state index contributed by atoms with van der Waals surface area (Å²) >= 11 is 0. The van der Waals surface area contributed by atoms with Crippen molar-refractivity contribution >= 4 is 23.2 Å². The van der Waals surface area contributed by atoms with Gasteiger partial charge >= 0.3 is 0 Å². The minimum Gasteiger partial charge on any atom is -0.495 e. The summed E-state index contributed by atoms with van der Waals surface area (Å²) < 4.78 is 18.7. The van der Waals surface area contributed by atoms with Crippen molar-refractivity contribution in [1.82, 2.24) is 5.32 Å². The molecule has 0 saturated heterocycles. The Labute approximate surface area is 170 Å². The first-order valence-electron chi connectivity index (χ1n) is 9.48. The van der Waals surface area contributed by atoms with Gasteiger partial charge in [-0.25, -0.2) is 4.39 Å². The number of halogens is 1. The van der Waals surface area contributed by atoms with E-state index in [4.69, 9.17) is 4.74 Å². The Kier molecular flexibility index (Phi) is 7.20. The maximum Gasteiger partial charge on any atom is 0.255 e. The van der Waals surface area contributed by atoms with Gasteiger partial charge in [0.1, 0.15) is 17.6 Å². The molecule has 0 aliphatic rings. The molecule has 6 nitrogen and oxygen atoms in total. The van der Waals surface area contributed by atoms with Crippen molar-refractivity contribution in [1.29, 1.82) is 0 Å². The van der Waals surface area contributed by atoms with Gasteiger partial charge in [0.2, 0.25) is 5.91 Å². The number of methoxy groups -OCH3 is 1. The van der Waals surface area contributed by atoms with Crippen LogP contribution in [-0.2, 0) is 4.79 Å². The minimum atomic E-state index is -0.491. The largest absolute Gasteiger partial charge is 0.495 e. The average Bonchev–Trinajstić information content (AvgIpc) is 2.67. The summed E-state index contributed by atoms with van der Waals surface area (Å²) in [6, 6.07) is 10.0. The van der Waals surface area contributed by atoms with Gasteiger partial charge in [-0.1, -0.05) is 13.0 Å². The van der Waals surface area contributed by atoms with Crippen LogP contribution in [0.15, 0.2) is 42.5 Å². The molecule has 0 heterocycles. The van der Waals surface area contributed by atoms with Crippen molar-refractivity contribution < 1.29 is 18.7 Å². The van der Waals surface area contributed by atoms with Crippen LogP contribution in [-0.4, -0.2) is 30.5 Å². The van der Waals surface area contributed by atoms with E-state index in [0.29, 0.717) is 17.1 Å². The Bertz CT molecular complexity index is 883. The summed E-state index contributed by atoms with van der Waals surface area (Å²) in [4.78, 5) is 24.9. The zero-order chi connectivity index (χ0) is 21.6. The monoisotopic (exact) mass is 401 g/mol. The predicted molar refractivity (Wildman–Crippen MR) is 113 cm³/mol. The molecule has 2 aromatic carbocycles. The van der Waals surface area contributed by atoms with Gasteiger partial charge in [0.15, 0.2) is 0 Å². The number of anilines is 2. The first kappa shape index (κ1) is 22.2. The van der Waals surface area contributed by atoms with E-state index in [9.17, 15) is 14.0 Å². The molecule has 1 unspecified atom stereocenters. The molecule has 7 heteroatoms. The molecular formula is C22H28FN3O3. The second-order valence-electron chi connectivity index (χ2n) is 7.47. The van der Waals surface area contributed by atoms with Gasteiger partial charge in [0, 0.05) is 16.8 Å². The lowest BCUT2D eigenvalue weighted by Crippen LogP contribution is -2.48. The van der Waals surface area contributed by atoms with E-state index in [1.165, 1.54) is 25.3 Å². The molecule has 1 atom stereocenters. The number of hydrogen-bond acceptors (Lipinski definition) is 4. The van der Waals surface area contributed by atoms with Crippen molar-refractivity contribution in [2.45, 2.75) is 45.7 Å². The van der Waals surface area contributed by atoms with Crippen LogP contribution < -0.4 is 20.7 Å². The minimum absolute atomic E-state index is 0.127. The smallest absolute Gasteiger partial charge is 0.255 e. The fourth-order valence-electron chi connectivity index (χ4n) is 2.57. The first-order valence-corrected chi connectivity index (χ1v) is 9.48. The van der Waals surface area contributed by atoms with Crippen molar-refractivity contribution in [3.63, 3.8) is 0 Å². The Hall–Kier alpha value is -3.09. The molecule has 0 fully saturated rings. The first-order chi connectivity index (χ1) is 13.6. The molecular weight excluding hydrogens is 373 g/mol. The summed E-state index contributed by atoms with van der Waals surface area (Å²) in [6.45, 7) is 7.70. The van der Waals surface area contributed by atoms with Crippen LogP contribution in [0.5, 0.6) is 5.75 Å². The molecule has 0 bridgehead atoms. The fraction of sp³-hybridized carbons (Fsp3) is 0.364. The molecule has 156 valence electrons. The Morgan fingerprint density at radius 1 is 1.17 bits per heavy atom. The lowest BCUT2D eigenvalue weighted by atomic mass is 10.0. The van der Waals surface area contributed by atoms with Crippen molar-refractivity contribution in [2.75, 3.05) is 17.7 Å². The predicted octanol–water partition coefficient (Wildman–Crippen LogP) is 4.19. The molecule has 3 N–H and O–H groups in total. The Morgan fingerprint density at radius 2 is 1.90 bits per heavy atom. The second kappa shape index (κ2) is 9.41. The Balaban J connectivity index is 2.15. The number of benzene rings is 2. The SMILES string of the molecule is CCC(C)(C)NC(=O)C(C)Nc1ccc(OC)c(NC(=O)c2cccc(F)c2)c1. The van der Waals surface area contributed by atoms with Crippen molar-refractivity contribution in [3.8, 4) is 5.75 Å². The average molecular weight is 401 g/mol. The van der Waals surface area contributed by atoms with Gasteiger partial charge in [-0.05, 0) is 63.6 Å². The standard InChI is InChI=1S/C22H28FN3O3/c1-6-22(3,4)26-20(27)14(2)24-17-10-11-19(29-5)18(13-17)25-21(28)15-8-7-9-16(23)12-15/h7-14,24H,6H2,1-5H3,(H,25,28)(H,26,27). The number of carbonyl (C=O) groups is 2. The highest BCUT2D eigenvalue weighted by atomic mass is 19.1. The van der Waals surface area contributed by atoms with E-state index in [0.717, 1.165) is 12.5 Å². The third-order valence-electron chi connectivity index (χ3n) is 4.66. The van der Waals surface area contributed by atoms with Gasteiger partial charge in [-0.2, -0.15) is 0 Å². The van der Waals surface area contributed by atoms with E-state index < -0.39 is 17.8 Å². The van der Waals surface area contributed by atoms with Crippen molar-refractivity contribution in [3.05, 3.63) is 53.8 Å². The fourth-order valence-corrected chi connectivity index (χ4v) is 2.57. The summed E-state index contributed by atoms with van der Waals surface area (Å²) in [7, 11) is 1.49. The van der Waals surface area contributed by atoms with Crippen LogP contribution in [0.4, 0.5) is 15.8 Å². The third kappa shape index (κ3) is 6.20. The van der Waals surface area contributed by atoms with E-state index in [1.807, 2.05) is 20.8 Å². The topological polar surface area (TPSA) is 79.5 Å². The lowest BCUT2D eigenvalue weighted by molar-refractivity contribution is -0.123.